The summed E-state index contributed by atoms with van der Waals surface area (Å²) in [5.74, 6) is 0.0779. The topological polar surface area (TPSA) is 87.4 Å². The number of rotatable bonds is 8. The Labute approximate surface area is 148 Å². The van der Waals surface area contributed by atoms with Crippen LogP contribution in [0.5, 0.6) is 0 Å². The van der Waals surface area contributed by atoms with Gasteiger partial charge in [-0.1, -0.05) is 11.6 Å². The van der Waals surface area contributed by atoms with Crippen LogP contribution in [0.1, 0.15) is 24.0 Å². The maximum Gasteiger partial charge on any atom is 0.418 e. The zero-order valence-electron chi connectivity index (χ0n) is 13.5. The van der Waals surface area contributed by atoms with E-state index in [1.165, 1.54) is 18.9 Å². The number of alkyl halides is 3. The van der Waals surface area contributed by atoms with E-state index in [1.54, 1.807) is 0 Å². The summed E-state index contributed by atoms with van der Waals surface area (Å²) in [7, 11) is 0. The van der Waals surface area contributed by atoms with Crippen LogP contribution in [0.15, 0.2) is 12.1 Å². The van der Waals surface area contributed by atoms with Gasteiger partial charge >= 0.3 is 6.18 Å². The maximum absolute atomic E-state index is 12.9. The zero-order valence-corrected chi connectivity index (χ0v) is 14.3. The summed E-state index contributed by atoms with van der Waals surface area (Å²) >= 11 is 5.72. The molecule has 1 aromatic carbocycles. The molecular formula is C16H21ClF3N3O2. The quantitative estimate of drug-likeness (QED) is 0.411. The van der Waals surface area contributed by atoms with Gasteiger partial charge < -0.3 is 21.5 Å². The molecular weight excluding hydrogens is 359 g/mol. The standard InChI is InChI=1S/C16H21ClF3N3O2/c17-12-6-10(5-11(14(12)21)16(18,19)20)7-13(24)15(25)23-4-3-22-8-9-1-2-9/h5-6,9,13,22,24H,1-4,7-8,21H2,(H,23,25)/t13-/m1/s1. The molecule has 1 aliphatic carbocycles. The molecule has 0 saturated heterocycles. The summed E-state index contributed by atoms with van der Waals surface area (Å²) in [6, 6.07) is 2.02. The number of carbonyl (C=O) groups is 1. The Morgan fingerprint density at radius 2 is 2.04 bits per heavy atom. The first-order chi connectivity index (χ1) is 11.7. The molecule has 1 amide bonds. The van der Waals surface area contributed by atoms with Crippen molar-refractivity contribution < 1.29 is 23.1 Å². The van der Waals surface area contributed by atoms with Crippen LogP contribution in [0, 0.1) is 5.92 Å². The molecule has 0 aliphatic heterocycles. The lowest BCUT2D eigenvalue weighted by molar-refractivity contribution is -0.137. The molecule has 1 aromatic rings. The largest absolute Gasteiger partial charge is 0.418 e. The Bertz CT molecular complexity index is 621. The number of anilines is 1. The fourth-order valence-corrected chi connectivity index (χ4v) is 2.60. The van der Waals surface area contributed by atoms with Crippen molar-refractivity contribution >= 4 is 23.2 Å². The predicted octanol–water partition coefficient (Wildman–Crippen LogP) is 1.96. The van der Waals surface area contributed by atoms with E-state index in [-0.39, 0.29) is 17.0 Å². The number of benzene rings is 1. The van der Waals surface area contributed by atoms with Crippen molar-refractivity contribution in [3.05, 3.63) is 28.3 Å². The van der Waals surface area contributed by atoms with Crippen LogP contribution in [-0.2, 0) is 17.4 Å². The van der Waals surface area contributed by atoms with Gasteiger partial charge in [-0.25, -0.2) is 0 Å². The molecule has 9 heteroatoms. The van der Waals surface area contributed by atoms with Crippen molar-refractivity contribution in [3.63, 3.8) is 0 Å². The van der Waals surface area contributed by atoms with Crippen LogP contribution < -0.4 is 16.4 Å². The number of nitrogens with two attached hydrogens (primary N) is 1. The van der Waals surface area contributed by atoms with Gasteiger partial charge in [0.2, 0.25) is 5.91 Å². The smallest absolute Gasteiger partial charge is 0.397 e. The van der Waals surface area contributed by atoms with E-state index in [0.717, 1.165) is 18.5 Å². The van der Waals surface area contributed by atoms with Crippen molar-refractivity contribution in [2.24, 2.45) is 5.92 Å². The van der Waals surface area contributed by atoms with E-state index >= 15 is 0 Å². The van der Waals surface area contributed by atoms with Crippen molar-refractivity contribution in [1.29, 1.82) is 0 Å². The Morgan fingerprint density at radius 3 is 2.64 bits per heavy atom. The van der Waals surface area contributed by atoms with Crippen LogP contribution >= 0.6 is 11.6 Å². The molecule has 1 aliphatic rings. The normalized spacial score (nSPS) is 15.9. The van der Waals surface area contributed by atoms with Gasteiger partial charge in [-0.05, 0) is 43.0 Å². The predicted molar refractivity (Wildman–Crippen MR) is 89.2 cm³/mol. The van der Waals surface area contributed by atoms with Gasteiger partial charge in [0.05, 0.1) is 16.3 Å². The second-order valence-electron chi connectivity index (χ2n) is 6.20. The minimum Gasteiger partial charge on any atom is -0.397 e. The molecule has 140 valence electrons. The third-order valence-electron chi connectivity index (χ3n) is 3.96. The number of aliphatic hydroxyl groups excluding tert-OH is 1. The number of nitrogen functional groups attached to an aromatic ring is 1. The van der Waals surface area contributed by atoms with Gasteiger partial charge in [0.1, 0.15) is 6.10 Å². The van der Waals surface area contributed by atoms with Gasteiger partial charge in [0.15, 0.2) is 0 Å². The van der Waals surface area contributed by atoms with E-state index < -0.39 is 29.4 Å². The van der Waals surface area contributed by atoms with Crippen molar-refractivity contribution in [3.8, 4) is 0 Å². The summed E-state index contributed by atoms with van der Waals surface area (Å²) < 4.78 is 38.8. The third-order valence-corrected chi connectivity index (χ3v) is 4.27. The highest BCUT2D eigenvalue weighted by Crippen LogP contribution is 2.38. The highest BCUT2D eigenvalue weighted by Gasteiger charge is 2.34. The average Bonchev–Trinajstić information content (AvgIpc) is 3.33. The molecule has 1 fully saturated rings. The van der Waals surface area contributed by atoms with E-state index in [1.807, 2.05) is 0 Å². The van der Waals surface area contributed by atoms with Crippen LogP contribution in [0.25, 0.3) is 0 Å². The SMILES string of the molecule is Nc1c(Cl)cc(C[C@@H](O)C(=O)NCCNCC2CC2)cc1C(F)(F)F. The number of halogens is 4. The van der Waals surface area contributed by atoms with Crippen LogP contribution in [-0.4, -0.2) is 36.8 Å². The van der Waals surface area contributed by atoms with E-state index in [0.29, 0.717) is 13.1 Å². The second kappa shape index (κ2) is 8.25. The van der Waals surface area contributed by atoms with Gasteiger partial charge in [0, 0.05) is 19.5 Å². The molecule has 0 aromatic heterocycles. The number of hydrogen-bond donors (Lipinski definition) is 4. The average molecular weight is 380 g/mol. The molecule has 5 nitrogen and oxygen atoms in total. The molecule has 1 saturated carbocycles. The summed E-state index contributed by atoms with van der Waals surface area (Å²) in [6.07, 6.45) is -3.97. The molecule has 2 rings (SSSR count). The molecule has 0 bridgehead atoms. The lowest BCUT2D eigenvalue weighted by Gasteiger charge is -2.16. The van der Waals surface area contributed by atoms with Crippen LogP contribution in [0.3, 0.4) is 0 Å². The molecule has 0 spiro atoms. The number of amides is 1. The molecule has 0 radical (unpaired) electrons. The molecule has 1 atom stereocenters. The van der Waals surface area contributed by atoms with Crippen molar-refractivity contribution in [1.82, 2.24) is 10.6 Å². The lowest BCUT2D eigenvalue weighted by atomic mass is 10.0. The Balaban J connectivity index is 1.87. The first-order valence-electron chi connectivity index (χ1n) is 8.00. The highest BCUT2D eigenvalue weighted by molar-refractivity contribution is 6.33. The zero-order chi connectivity index (χ0) is 18.6. The minimum absolute atomic E-state index is 0.0843. The fourth-order valence-electron chi connectivity index (χ4n) is 2.36. The molecule has 0 heterocycles. The highest BCUT2D eigenvalue weighted by atomic mass is 35.5. The Kier molecular flexibility index (Phi) is 6.53. The second-order valence-corrected chi connectivity index (χ2v) is 6.60. The van der Waals surface area contributed by atoms with Gasteiger partial charge in [0.25, 0.3) is 0 Å². The van der Waals surface area contributed by atoms with E-state index in [9.17, 15) is 23.1 Å². The summed E-state index contributed by atoms with van der Waals surface area (Å²) in [5.41, 5.74) is 3.78. The fraction of sp³-hybridized carbons (Fsp3) is 0.562. The van der Waals surface area contributed by atoms with Gasteiger partial charge in [-0.15, -0.1) is 0 Å². The molecule has 0 unspecified atom stereocenters. The van der Waals surface area contributed by atoms with Crippen LogP contribution in [0.4, 0.5) is 18.9 Å². The van der Waals surface area contributed by atoms with Gasteiger partial charge in [-0.2, -0.15) is 13.2 Å². The summed E-state index contributed by atoms with van der Waals surface area (Å²) in [6.45, 7) is 1.81. The van der Waals surface area contributed by atoms with E-state index in [2.05, 4.69) is 10.6 Å². The van der Waals surface area contributed by atoms with Crippen molar-refractivity contribution in [2.45, 2.75) is 31.5 Å². The first kappa shape index (κ1) is 19.8. The van der Waals surface area contributed by atoms with Gasteiger partial charge in [-0.3, -0.25) is 4.79 Å². The number of hydrogen-bond acceptors (Lipinski definition) is 4. The Hall–Kier alpha value is -1.51. The van der Waals surface area contributed by atoms with Crippen molar-refractivity contribution in [2.75, 3.05) is 25.4 Å². The van der Waals surface area contributed by atoms with E-state index in [4.69, 9.17) is 17.3 Å². The molecule has 5 N–H and O–H groups in total. The summed E-state index contributed by atoms with van der Waals surface area (Å²) in [5, 5.41) is 15.3. The molecule has 25 heavy (non-hydrogen) atoms. The number of nitrogens with one attached hydrogen (secondary N) is 2. The number of aliphatic hydroxyl groups is 1. The first-order valence-corrected chi connectivity index (χ1v) is 8.38. The number of carbonyl (C=O) groups excluding carboxylic acids is 1. The maximum atomic E-state index is 12.9. The minimum atomic E-state index is -4.66. The van der Waals surface area contributed by atoms with Crippen LogP contribution in [0.2, 0.25) is 5.02 Å². The monoisotopic (exact) mass is 379 g/mol. The summed E-state index contributed by atoms with van der Waals surface area (Å²) in [4.78, 5) is 11.8. The lowest BCUT2D eigenvalue weighted by Crippen LogP contribution is -2.39. The Morgan fingerprint density at radius 1 is 1.36 bits per heavy atom. The third kappa shape index (κ3) is 6.05.